The van der Waals surface area contributed by atoms with Crippen molar-refractivity contribution in [2.24, 2.45) is 5.92 Å². The fourth-order valence-electron chi connectivity index (χ4n) is 7.11. The van der Waals surface area contributed by atoms with Gasteiger partial charge in [-0.25, -0.2) is 4.39 Å². The number of carboxylic acids is 1. The molecule has 45 heavy (non-hydrogen) atoms. The maximum Gasteiger partial charge on any atom is 0.416 e. The Kier molecular flexibility index (Phi) is 9.14. The van der Waals surface area contributed by atoms with E-state index in [1.807, 2.05) is 42.7 Å². The number of carbonyl (C=O) groups excluding carboxylic acids is 1. The molecule has 3 aliphatic rings. The molecule has 7 nitrogen and oxygen atoms in total. The SMILES string of the molecule is COc1ccc([C@@H]2CN(C(C)(C)C)C[C@@]2(F)C(=O)N2CCC(c3ccc(C(F)(F)F)cc3N3CCC(C(=O)O)CC3)CC2)cc1. The van der Waals surface area contributed by atoms with Crippen LogP contribution >= 0.6 is 0 Å². The molecule has 0 spiro atoms. The molecule has 0 bridgehead atoms. The lowest BCUT2D eigenvalue weighted by Gasteiger charge is -2.39. The van der Waals surface area contributed by atoms with E-state index in [1.165, 1.54) is 12.1 Å². The summed E-state index contributed by atoms with van der Waals surface area (Å²) in [5.74, 6) is -2.07. The van der Waals surface area contributed by atoms with Crippen LogP contribution in [-0.2, 0) is 15.8 Å². The third-order valence-electron chi connectivity index (χ3n) is 9.96. The number of likely N-dealkylation sites (tertiary alicyclic amines) is 2. The summed E-state index contributed by atoms with van der Waals surface area (Å²) in [6.07, 6.45) is -2.82. The summed E-state index contributed by atoms with van der Waals surface area (Å²) in [5, 5.41) is 9.39. The Morgan fingerprint density at radius 3 is 2.09 bits per heavy atom. The maximum atomic E-state index is 17.2. The Morgan fingerprint density at radius 2 is 1.56 bits per heavy atom. The lowest BCUT2D eigenvalue weighted by atomic mass is 9.83. The second-order valence-electron chi connectivity index (χ2n) is 13.7. The zero-order valence-corrected chi connectivity index (χ0v) is 26.4. The molecule has 3 fully saturated rings. The first-order chi connectivity index (χ1) is 21.1. The molecular weight excluding hydrogens is 590 g/mol. The van der Waals surface area contributed by atoms with E-state index in [4.69, 9.17) is 4.74 Å². The van der Waals surface area contributed by atoms with Crippen molar-refractivity contribution in [1.29, 1.82) is 0 Å². The molecule has 1 N–H and O–H groups in total. The first-order valence-electron chi connectivity index (χ1n) is 15.7. The smallest absolute Gasteiger partial charge is 0.416 e. The number of ether oxygens (including phenoxy) is 1. The standard InChI is InChI=1S/C34H43F4N3O4/c1-32(2,3)41-20-28(23-5-8-26(45-4)9-6-23)33(35,21-41)31(44)40-17-11-22(12-18-40)27-10-7-25(34(36,37)38)19-29(27)39-15-13-24(14-16-39)30(42)43/h5-10,19,22,24,28H,11-18,20-21H2,1-4H3,(H,42,43)/t28-,33-/m0/s1. The Labute approximate surface area is 262 Å². The zero-order chi connectivity index (χ0) is 32.7. The molecule has 1 amide bonds. The van der Waals surface area contributed by atoms with Crippen molar-refractivity contribution in [3.05, 3.63) is 59.2 Å². The van der Waals surface area contributed by atoms with Crippen LogP contribution < -0.4 is 9.64 Å². The monoisotopic (exact) mass is 633 g/mol. The fourth-order valence-corrected chi connectivity index (χ4v) is 7.11. The van der Waals surface area contributed by atoms with Crippen LogP contribution in [0.25, 0.3) is 0 Å². The van der Waals surface area contributed by atoms with Crippen molar-refractivity contribution < 1.29 is 37.0 Å². The van der Waals surface area contributed by atoms with Crippen LogP contribution in [0.4, 0.5) is 23.2 Å². The summed E-state index contributed by atoms with van der Waals surface area (Å²) in [4.78, 5) is 30.9. The van der Waals surface area contributed by atoms with Crippen molar-refractivity contribution in [3.63, 3.8) is 0 Å². The average molecular weight is 634 g/mol. The molecular formula is C34H43F4N3O4. The largest absolute Gasteiger partial charge is 0.497 e. The first kappa shape index (κ1) is 33.0. The molecule has 3 aliphatic heterocycles. The third-order valence-corrected chi connectivity index (χ3v) is 9.96. The Hall–Kier alpha value is -3.34. The number of benzene rings is 2. The number of nitrogens with zero attached hydrogens (tertiary/aromatic N) is 3. The number of rotatable bonds is 6. The van der Waals surface area contributed by atoms with E-state index in [9.17, 15) is 27.9 Å². The molecule has 0 aromatic heterocycles. The molecule has 2 atom stereocenters. The van der Waals surface area contributed by atoms with E-state index in [0.29, 0.717) is 69.8 Å². The molecule has 0 unspecified atom stereocenters. The highest BCUT2D eigenvalue weighted by Crippen LogP contribution is 2.45. The van der Waals surface area contributed by atoms with Crippen LogP contribution in [0, 0.1) is 5.92 Å². The third kappa shape index (κ3) is 6.78. The molecule has 2 aromatic rings. The summed E-state index contributed by atoms with van der Waals surface area (Å²) in [6.45, 7) is 7.67. The second kappa shape index (κ2) is 12.5. The fraction of sp³-hybridized carbons (Fsp3) is 0.588. The molecule has 5 rings (SSSR count). The number of piperidine rings is 2. The van der Waals surface area contributed by atoms with Crippen molar-refractivity contribution in [2.45, 2.75) is 75.7 Å². The summed E-state index contributed by atoms with van der Waals surface area (Å²) >= 11 is 0. The number of amides is 1. The van der Waals surface area contributed by atoms with Gasteiger partial charge < -0.3 is 19.6 Å². The highest BCUT2D eigenvalue weighted by Gasteiger charge is 2.57. The summed E-state index contributed by atoms with van der Waals surface area (Å²) in [7, 11) is 1.56. The van der Waals surface area contributed by atoms with Crippen LogP contribution in [0.3, 0.4) is 0 Å². The van der Waals surface area contributed by atoms with E-state index < -0.39 is 41.1 Å². The van der Waals surface area contributed by atoms with Gasteiger partial charge in [-0.1, -0.05) is 18.2 Å². The number of alkyl halides is 4. The molecule has 0 aliphatic carbocycles. The maximum absolute atomic E-state index is 17.2. The van der Waals surface area contributed by atoms with Crippen LogP contribution in [0.2, 0.25) is 0 Å². The average Bonchev–Trinajstić information content (AvgIpc) is 3.39. The van der Waals surface area contributed by atoms with E-state index in [-0.39, 0.29) is 18.0 Å². The molecule has 3 saturated heterocycles. The number of anilines is 1. The molecule has 3 heterocycles. The number of methoxy groups -OCH3 is 1. The Bertz CT molecular complexity index is 1380. The van der Waals surface area contributed by atoms with Gasteiger partial charge in [-0.3, -0.25) is 14.5 Å². The van der Waals surface area contributed by atoms with Crippen LogP contribution in [0.5, 0.6) is 5.75 Å². The minimum absolute atomic E-state index is 0.0265. The lowest BCUT2D eigenvalue weighted by molar-refractivity contribution is -0.145. The van der Waals surface area contributed by atoms with Gasteiger partial charge in [-0.05, 0) is 87.8 Å². The van der Waals surface area contributed by atoms with Crippen molar-refractivity contribution in [2.75, 3.05) is 51.3 Å². The molecule has 2 aromatic carbocycles. The van der Waals surface area contributed by atoms with Crippen LogP contribution in [0.1, 0.15) is 75.0 Å². The van der Waals surface area contributed by atoms with Gasteiger partial charge in [-0.2, -0.15) is 13.2 Å². The van der Waals surface area contributed by atoms with E-state index >= 15 is 4.39 Å². The Morgan fingerprint density at radius 1 is 0.933 bits per heavy atom. The zero-order valence-electron chi connectivity index (χ0n) is 26.4. The normalized spacial score (nSPS) is 24.2. The van der Waals surface area contributed by atoms with Gasteiger partial charge in [-0.15, -0.1) is 0 Å². The number of hydrogen-bond acceptors (Lipinski definition) is 5. The lowest BCUT2D eigenvalue weighted by Crippen LogP contribution is -2.53. The summed E-state index contributed by atoms with van der Waals surface area (Å²) < 4.78 is 63.6. The van der Waals surface area contributed by atoms with Gasteiger partial charge >= 0.3 is 12.1 Å². The number of halogens is 4. The van der Waals surface area contributed by atoms with Gasteiger partial charge in [0, 0.05) is 56.4 Å². The van der Waals surface area contributed by atoms with Crippen molar-refractivity contribution in [1.82, 2.24) is 9.80 Å². The highest BCUT2D eigenvalue weighted by molar-refractivity contribution is 5.87. The van der Waals surface area contributed by atoms with Crippen molar-refractivity contribution in [3.8, 4) is 5.75 Å². The summed E-state index contributed by atoms with van der Waals surface area (Å²) in [5.41, 5.74) is -1.27. The quantitative estimate of drug-likeness (QED) is 0.375. The number of hydrogen-bond donors (Lipinski definition) is 1. The van der Waals surface area contributed by atoms with Gasteiger partial charge in [0.1, 0.15) is 5.75 Å². The molecule has 0 saturated carbocycles. The van der Waals surface area contributed by atoms with Crippen molar-refractivity contribution >= 4 is 17.6 Å². The first-order valence-corrected chi connectivity index (χ1v) is 15.7. The van der Waals surface area contributed by atoms with Gasteiger partial charge in [0.05, 0.1) is 18.6 Å². The molecule has 11 heteroatoms. The van der Waals surface area contributed by atoms with E-state index in [0.717, 1.165) is 17.2 Å². The number of aliphatic carboxylic acids is 1. The topological polar surface area (TPSA) is 73.3 Å². The second-order valence-corrected chi connectivity index (χ2v) is 13.7. The highest BCUT2D eigenvalue weighted by atomic mass is 19.4. The minimum atomic E-state index is -4.51. The summed E-state index contributed by atoms with van der Waals surface area (Å²) in [6, 6.07) is 11.0. The predicted octanol–water partition coefficient (Wildman–Crippen LogP) is 6.33. The molecule has 0 radical (unpaired) electrons. The number of carboxylic acid groups (broad SMARTS) is 1. The Balaban J connectivity index is 1.35. The van der Waals surface area contributed by atoms with E-state index in [2.05, 4.69) is 0 Å². The van der Waals surface area contributed by atoms with Gasteiger partial charge in [0.25, 0.3) is 5.91 Å². The van der Waals surface area contributed by atoms with E-state index in [1.54, 1.807) is 24.1 Å². The van der Waals surface area contributed by atoms with Crippen LogP contribution in [0.15, 0.2) is 42.5 Å². The van der Waals surface area contributed by atoms with Crippen LogP contribution in [-0.4, -0.2) is 84.4 Å². The number of carbonyl (C=O) groups is 2. The molecule has 246 valence electrons. The van der Waals surface area contributed by atoms with Gasteiger partial charge in [0.2, 0.25) is 5.67 Å². The van der Waals surface area contributed by atoms with Gasteiger partial charge in [0.15, 0.2) is 0 Å². The minimum Gasteiger partial charge on any atom is -0.497 e. The predicted molar refractivity (Wildman–Crippen MR) is 163 cm³/mol.